The van der Waals surface area contributed by atoms with Crippen LogP contribution in [0.25, 0.3) is 10.8 Å². The molecule has 0 radical (unpaired) electrons. The van der Waals surface area contributed by atoms with E-state index in [4.69, 9.17) is 5.73 Å². The Morgan fingerprint density at radius 1 is 1.21 bits per heavy atom. The summed E-state index contributed by atoms with van der Waals surface area (Å²) in [6.07, 6.45) is 1.83. The van der Waals surface area contributed by atoms with E-state index >= 15 is 0 Å². The topological polar surface area (TPSA) is 46.3 Å². The number of nitrogens with two attached hydrogens (primary N) is 1. The molecule has 0 aliphatic heterocycles. The average Bonchev–Trinajstić information content (AvgIpc) is 3.26. The van der Waals surface area contributed by atoms with Gasteiger partial charge in [0.15, 0.2) is 0 Å². The molecule has 2 aromatic rings. The van der Waals surface area contributed by atoms with Gasteiger partial charge >= 0.3 is 0 Å². The zero-order valence-corrected chi connectivity index (χ0v) is 11.1. The van der Waals surface area contributed by atoms with E-state index in [2.05, 4.69) is 24.3 Å². The van der Waals surface area contributed by atoms with Crippen LogP contribution in [-0.2, 0) is 4.79 Å². The van der Waals surface area contributed by atoms with Gasteiger partial charge in [0.25, 0.3) is 0 Å². The summed E-state index contributed by atoms with van der Waals surface area (Å²) in [5.74, 6) is 0.144. The van der Waals surface area contributed by atoms with Crippen LogP contribution in [-0.4, -0.2) is 19.5 Å². The number of carbonyl (C=O) groups excluding carboxylic acids is 1. The maximum atomic E-state index is 12.4. The molecule has 0 atom stereocenters. The minimum Gasteiger partial charge on any atom is -0.329 e. The number of hydrogen-bond acceptors (Lipinski definition) is 2. The zero-order valence-electron chi connectivity index (χ0n) is 11.1. The fourth-order valence-corrected chi connectivity index (χ4v) is 2.51. The Balaban J connectivity index is 1.93. The average molecular weight is 254 g/mol. The third kappa shape index (κ3) is 2.00. The van der Waals surface area contributed by atoms with Crippen LogP contribution in [0.15, 0.2) is 42.5 Å². The second kappa shape index (κ2) is 4.35. The number of amides is 1. The van der Waals surface area contributed by atoms with Crippen molar-refractivity contribution in [3.8, 4) is 0 Å². The maximum absolute atomic E-state index is 12.4. The minimum atomic E-state index is -0.291. The lowest BCUT2D eigenvalue weighted by Gasteiger charge is -2.23. The van der Waals surface area contributed by atoms with Crippen molar-refractivity contribution in [2.45, 2.75) is 12.8 Å². The molecular formula is C16H18N2O. The van der Waals surface area contributed by atoms with Gasteiger partial charge in [-0.3, -0.25) is 4.79 Å². The van der Waals surface area contributed by atoms with Gasteiger partial charge < -0.3 is 10.6 Å². The third-order valence-corrected chi connectivity index (χ3v) is 4.12. The van der Waals surface area contributed by atoms with Crippen molar-refractivity contribution in [2.75, 3.05) is 18.5 Å². The summed E-state index contributed by atoms with van der Waals surface area (Å²) in [5, 5.41) is 2.34. The highest BCUT2D eigenvalue weighted by Crippen LogP contribution is 2.46. The van der Waals surface area contributed by atoms with Gasteiger partial charge in [-0.2, -0.15) is 0 Å². The second-order valence-electron chi connectivity index (χ2n) is 5.38. The molecule has 1 aliphatic carbocycles. The van der Waals surface area contributed by atoms with Crippen LogP contribution in [0.5, 0.6) is 0 Å². The monoisotopic (exact) mass is 254 g/mol. The molecule has 1 fully saturated rings. The van der Waals surface area contributed by atoms with Crippen LogP contribution in [0, 0.1) is 5.41 Å². The van der Waals surface area contributed by atoms with Gasteiger partial charge in [-0.25, -0.2) is 0 Å². The van der Waals surface area contributed by atoms with Gasteiger partial charge in [0.1, 0.15) is 0 Å². The number of anilines is 1. The standard InChI is InChI=1S/C16H18N2O/c1-18(15(19)16(11-17)8-9-16)14-7-6-12-4-2-3-5-13(12)10-14/h2-7,10H,8-9,11,17H2,1H3. The van der Waals surface area contributed by atoms with Crippen LogP contribution < -0.4 is 10.6 Å². The SMILES string of the molecule is CN(C(=O)C1(CN)CC1)c1ccc2ccccc2c1. The number of fused-ring (bicyclic) bond motifs is 1. The first kappa shape index (κ1) is 12.2. The van der Waals surface area contributed by atoms with Crippen molar-refractivity contribution >= 4 is 22.4 Å². The van der Waals surface area contributed by atoms with Crippen LogP contribution in [0.1, 0.15) is 12.8 Å². The normalized spacial score (nSPS) is 16.3. The van der Waals surface area contributed by atoms with E-state index in [1.807, 2.05) is 25.2 Å². The fourth-order valence-electron chi connectivity index (χ4n) is 2.51. The van der Waals surface area contributed by atoms with E-state index in [1.165, 1.54) is 5.39 Å². The summed E-state index contributed by atoms with van der Waals surface area (Å²) in [6.45, 7) is 0.448. The Bertz CT molecular complexity index is 631. The molecule has 3 rings (SSSR count). The van der Waals surface area contributed by atoms with Crippen LogP contribution in [0.2, 0.25) is 0 Å². The Kier molecular flexibility index (Phi) is 2.79. The highest BCUT2D eigenvalue weighted by Gasteiger charge is 2.50. The molecule has 0 bridgehead atoms. The first-order valence-corrected chi connectivity index (χ1v) is 6.63. The lowest BCUT2D eigenvalue weighted by molar-refractivity contribution is -0.123. The molecule has 2 N–H and O–H groups in total. The summed E-state index contributed by atoms with van der Waals surface area (Å²) in [7, 11) is 1.84. The predicted molar refractivity (Wildman–Crippen MR) is 78.1 cm³/mol. The molecule has 0 unspecified atom stereocenters. The van der Waals surface area contributed by atoms with Gasteiger partial charge in [-0.15, -0.1) is 0 Å². The van der Waals surface area contributed by atoms with Crippen molar-refractivity contribution in [3.05, 3.63) is 42.5 Å². The van der Waals surface area contributed by atoms with Gasteiger partial charge in [0, 0.05) is 19.3 Å². The molecule has 3 heteroatoms. The van der Waals surface area contributed by atoms with E-state index in [0.29, 0.717) is 6.54 Å². The predicted octanol–water partition coefficient (Wildman–Crippen LogP) is 2.54. The molecule has 2 aromatic carbocycles. The summed E-state index contributed by atoms with van der Waals surface area (Å²) in [6, 6.07) is 14.3. The molecule has 1 saturated carbocycles. The molecular weight excluding hydrogens is 236 g/mol. The highest BCUT2D eigenvalue weighted by atomic mass is 16.2. The Morgan fingerprint density at radius 2 is 1.89 bits per heavy atom. The second-order valence-corrected chi connectivity index (χ2v) is 5.38. The van der Waals surface area contributed by atoms with Crippen molar-refractivity contribution in [2.24, 2.45) is 11.1 Å². The van der Waals surface area contributed by atoms with E-state index in [1.54, 1.807) is 4.90 Å². The first-order valence-electron chi connectivity index (χ1n) is 6.63. The Morgan fingerprint density at radius 3 is 2.53 bits per heavy atom. The van der Waals surface area contributed by atoms with Crippen LogP contribution in [0.3, 0.4) is 0 Å². The third-order valence-electron chi connectivity index (χ3n) is 4.12. The summed E-state index contributed by atoms with van der Waals surface area (Å²) < 4.78 is 0. The fraction of sp³-hybridized carbons (Fsp3) is 0.312. The lowest BCUT2D eigenvalue weighted by atomic mass is 10.0. The molecule has 1 amide bonds. The minimum absolute atomic E-state index is 0.144. The molecule has 0 heterocycles. The smallest absolute Gasteiger partial charge is 0.234 e. The maximum Gasteiger partial charge on any atom is 0.234 e. The summed E-state index contributed by atoms with van der Waals surface area (Å²) in [5.41, 5.74) is 6.37. The van der Waals surface area contributed by atoms with Crippen molar-refractivity contribution in [1.82, 2.24) is 0 Å². The van der Waals surface area contributed by atoms with Crippen molar-refractivity contribution < 1.29 is 4.79 Å². The number of nitrogens with zero attached hydrogens (tertiary/aromatic N) is 1. The molecule has 0 spiro atoms. The van der Waals surface area contributed by atoms with Gasteiger partial charge in [0.05, 0.1) is 5.41 Å². The number of benzene rings is 2. The molecule has 3 nitrogen and oxygen atoms in total. The first-order chi connectivity index (χ1) is 9.16. The number of hydrogen-bond donors (Lipinski definition) is 1. The summed E-state index contributed by atoms with van der Waals surface area (Å²) in [4.78, 5) is 14.2. The summed E-state index contributed by atoms with van der Waals surface area (Å²) >= 11 is 0. The van der Waals surface area contributed by atoms with Gasteiger partial charge in [-0.1, -0.05) is 30.3 Å². The number of carbonyl (C=O) groups is 1. The highest BCUT2D eigenvalue weighted by molar-refractivity contribution is 6.00. The molecule has 1 aliphatic rings. The van der Waals surface area contributed by atoms with Gasteiger partial charge in [0.2, 0.25) is 5.91 Å². The molecule has 98 valence electrons. The largest absolute Gasteiger partial charge is 0.329 e. The van der Waals surface area contributed by atoms with E-state index in [-0.39, 0.29) is 11.3 Å². The van der Waals surface area contributed by atoms with Crippen molar-refractivity contribution in [3.63, 3.8) is 0 Å². The quantitative estimate of drug-likeness (QED) is 0.915. The van der Waals surface area contributed by atoms with E-state index in [0.717, 1.165) is 23.9 Å². The van der Waals surface area contributed by atoms with Crippen LogP contribution in [0.4, 0.5) is 5.69 Å². The Hall–Kier alpha value is -1.87. The van der Waals surface area contributed by atoms with E-state index in [9.17, 15) is 4.79 Å². The zero-order chi connectivity index (χ0) is 13.5. The van der Waals surface area contributed by atoms with E-state index < -0.39 is 0 Å². The molecule has 0 saturated heterocycles. The number of rotatable bonds is 3. The Labute approximate surface area is 113 Å². The van der Waals surface area contributed by atoms with Crippen molar-refractivity contribution in [1.29, 1.82) is 0 Å². The molecule has 0 aromatic heterocycles. The molecule has 19 heavy (non-hydrogen) atoms. The van der Waals surface area contributed by atoms with Gasteiger partial charge in [-0.05, 0) is 35.7 Å². The van der Waals surface area contributed by atoms with Crippen LogP contribution >= 0.6 is 0 Å². The lowest BCUT2D eigenvalue weighted by Crippen LogP contribution is -2.38.